The van der Waals surface area contributed by atoms with E-state index in [1.807, 2.05) is 6.07 Å². The molecule has 2 nitrogen and oxygen atoms in total. The number of ether oxygens (including phenoxy) is 1. The smallest absolute Gasteiger partial charge is 0.119 e. The van der Waals surface area contributed by atoms with E-state index in [0.717, 1.165) is 15.4 Å². The van der Waals surface area contributed by atoms with Gasteiger partial charge >= 0.3 is 0 Å². The molecule has 2 aromatic rings. The molecule has 1 aromatic heterocycles. The van der Waals surface area contributed by atoms with Gasteiger partial charge in [0, 0.05) is 16.8 Å². The maximum absolute atomic E-state index is 6.10. The summed E-state index contributed by atoms with van der Waals surface area (Å²) in [5.41, 5.74) is 0.930. The number of hydrogen-bond donors (Lipinski definition) is 0. The van der Waals surface area contributed by atoms with E-state index < -0.39 is 0 Å². The van der Waals surface area contributed by atoms with Crippen molar-refractivity contribution >= 4 is 34.5 Å². The van der Waals surface area contributed by atoms with Crippen LogP contribution in [0, 0.1) is 7.11 Å². The third-order valence-corrected chi connectivity index (χ3v) is 3.53. The molecule has 0 spiro atoms. The lowest BCUT2D eigenvalue weighted by Gasteiger charge is -2.00. The molecule has 0 fully saturated rings. The fourth-order valence-corrected chi connectivity index (χ4v) is 2.74. The van der Waals surface area contributed by atoms with Crippen LogP contribution in [-0.4, -0.2) is 4.98 Å². The van der Waals surface area contributed by atoms with Crippen LogP contribution in [0.5, 0.6) is 0 Å². The Morgan fingerprint density at radius 2 is 2.19 bits per heavy atom. The van der Waals surface area contributed by atoms with E-state index in [2.05, 4.69) is 12.1 Å². The predicted molar refractivity (Wildman–Crippen MR) is 67.7 cm³/mol. The van der Waals surface area contributed by atoms with Crippen molar-refractivity contribution in [2.75, 3.05) is 0 Å². The van der Waals surface area contributed by atoms with Gasteiger partial charge in [0.05, 0.1) is 23.6 Å². The molecule has 0 bridgehead atoms. The second kappa shape index (κ2) is 5.15. The average molecular weight is 273 g/mol. The van der Waals surface area contributed by atoms with Crippen molar-refractivity contribution in [3.63, 3.8) is 0 Å². The van der Waals surface area contributed by atoms with Gasteiger partial charge in [0.25, 0.3) is 0 Å². The van der Waals surface area contributed by atoms with E-state index in [1.54, 1.807) is 18.3 Å². The quantitative estimate of drug-likeness (QED) is 0.825. The molecule has 0 saturated heterocycles. The fourth-order valence-electron chi connectivity index (χ4n) is 1.28. The third kappa shape index (κ3) is 2.55. The van der Waals surface area contributed by atoms with Gasteiger partial charge in [-0.15, -0.1) is 11.3 Å². The van der Waals surface area contributed by atoms with Crippen LogP contribution in [0.1, 0.15) is 5.01 Å². The second-order valence-electron chi connectivity index (χ2n) is 3.09. The van der Waals surface area contributed by atoms with E-state index in [9.17, 15) is 0 Å². The molecule has 2 rings (SSSR count). The lowest BCUT2D eigenvalue weighted by molar-refractivity contribution is 0.228. The Kier molecular flexibility index (Phi) is 3.82. The molecule has 1 aromatic carbocycles. The number of rotatable bonds is 3. The average Bonchev–Trinajstić information content (AvgIpc) is 2.67. The van der Waals surface area contributed by atoms with Gasteiger partial charge in [-0.1, -0.05) is 29.3 Å². The topological polar surface area (TPSA) is 22.1 Å². The first-order valence-electron chi connectivity index (χ1n) is 4.48. The first-order valence-corrected chi connectivity index (χ1v) is 6.05. The summed E-state index contributed by atoms with van der Waals surface area (Å²) in [6.45, 7) is 0.413. The largest absolute Gasteiger partial charge is 0.372 e. The molecule has 83 valence electrons. The lowest BCUT2D eigenvalue weighted by Crippen LogP contribution is -1.80. The van der Waals surface area contributed by atoms with Crippen molar-refractivity contribution in [2.45, 2.75) is 6.61 Å². The van der Waals surface area contributed by atoms with E-state index in [0.29, 0.717) is 16.7 Å². The van der Waals surface area contributed by atoms with Gasteiger partial charge in [0.15, 0.2) is 0 Å². The van der Waals surface area contributed by atoms with Crippen LogP contribution in [0.15, 0.2) is 24.4 Å². The van der Waals surface area contributed by atoms with Crippen molar-refractivity contribution < 1.29 is 4.74 Å². The zero-order valence-corrected chi connectivity index (χ0v) is 10.6. The van der Waals surface area contributed by atoms with E-state index in [-0.39, 0.29) is 0 Å². The summed E-state index contributed by atoms with van der Waals surface area (Å²) >= 11 is 13.5. The van der Waals surface area contributed by atoms with Gasteiger partial charge in [-0.05, 0) is 12.1 Å². The number of benzene rings is 1. The molecule has 0 atom stereocenters. The number of hydrogen-bond acceptors (Lipinski definition) is 3. The van der Waals surface area contributed by atoms with Crippen LogP contribution < -0.4 is 0 Å². The maximum atomic E-state index is 6.10. The van der Waals surface area contributed by atoms with E-state index >= 15 is 0 Å². The van der Waals surface area contributed by atoms with Gasteiger partial charge in [0.2, 0.25) is 0 Å². The predicted octanol–water partition coefficient (Wildman–Crippen LogP) is 4.43. The fraction of sp³-hybridized carbons (Fsp3) is 0.0909. The van der Waals surface area contributed by atoms with Crippen LogP contribution in [0.25, 0.3) is 10.4 Å². The minimum Gasteiger partial charge on any atom is -0.372 e. The molecule has 16 heavy (non-hydrogen) atoms. The summed E-state index contributed by atoms with van der Waals surface area (Å²) in [6.07, 6.45) is 1.77. The Bertz CT molecular complexity index is 498. The van der Waals surface area contributed by atoms with Crippen LogP contribution in [0.4, 0.5) is 0 Å². The molecule has 0 aliphatic heterocycles. The zero-order valence-electron chi connectivity index (χ0n) is 8.24. The standard InChI is InChI=1S/C11H8Cl2NOS/c1-15-6-11-14-5-10(16-11)8-3-2-7(12)4-9(8)13/h2-5H,1,6H2. The second-order valence-corrected chi connectivity index (χ2v) is 5.05. The van der Waals surface area contributed by atoms with Gasteiger partial charge < -0.3 is 4.74 Å². The van der Waals surface area contributed by atoms with E-state index in [1.165, 1.54) is 11.3 Å². The van der Waals surface area contributed by atoms with Gasteiger partial charge in [0.1, 0.15) is 5.01 Å². The Morgan fingerprint density at radius 3 is 2.88 bits per heavy atom. The Hall–Kier alpha value is -0.610. The molecule has 0 N–H and O–H groups in total. The first-order chi connectivity index (χ1) is 7.70. The van der Waals surface area contributed by atoms with Gasteiger partial charge in [-0.2, -0.15) is 0 Å². The SMILES string of the molecule is [CH2]OCc1ncc(-c2ccc(Cl)cc2Cl)s1. The minimum atomic E-state index is 0.413. The Morgan fingerprint density at radius 1 is 1.38 bits per heavy atom. The van der Waals surface area contributed by atoms with E-state index in [4.69, 9.17) is 27.9 Å². The van der Waals surface area contributed by atoms with Crippen molar-refractivity contribution in [1.82, 2.24) is 4.98 Å². The number of nitrogens with zero attached hydrogens (tertiary/aromatic N) is 1. The molecule has 5 heteroatoms. The minimum absolute atomic E-state index is 0.413. The van der Waals surface area contributed by atoms with Gasteiger partial charge in [-0.25, -0.2) is 4.98 Å². The highest BCUT2D eigenvalue weighted by Gasteiger charge is 2.08. The Balaban J connectivity index is 2.35. The Labute approximate surface area is 108 Å². The molecule has 0 aliphatic carbocycles. The summed E-state index contributed by atoms with van der Waals surface area (Å²) < 4.78 is 4.77. The molecular formula is C11H8Cl2NOS. The lowest BCUT2D eigenvalue weighted by atomic mass is 10.2. The summed E-state index contributed by atoms with van der Waals surface area (Å²) in [5.74, 6) is 0. The van der Waals surface area contributed by atoms with Crippen molar-refractivity contribution in [3.05, 3.63) is 46.6 Å². The van der Waals surface area contributed by atoms with Gasteiger partial charge in [-0.3, -0.25) is 0 Å². The maximum Gasteiger partial charge on any atom is 0.119 e. The highest BCUT2D eigenvalue weighted by atomic mass is 35.5. The highest BCUT2D eigenvalue weighted by Crippen LogP contribution is 2.33. The monoisotopic (exact) mass is 272 g/mol. The van der Waals surface area contributed by atoms with Crippen LogP contribution in [0.2, 0.25) is 10.0 Å². The first kappa shape index (κ1) is 11.9. The van der Waals surface area contributed by atoms with Crippen LogP contribution in [0.3, 0.4) is 0 Å². The molecule has 1 radical (unpaired) electrons. The molecular weight excluding hydrogens is 265 g/mol. The van der Waals surface area contributed by atoms with Crippen LogP contribution >= 0.6 is 34.5 Å². The number of halogens is 2. The van der Waals surface area contributed by atoms with Crippen molar-refractivity contribution in [3.8, 4) is 10.4 Å². The summed E-state index contributed by atoms with van der Waals surface area (Å²) in [7, 11) is 3.32. The van der Waals surface area contributed by atoms with Crippen molar-refractivity contribution in [2.24, 2.45) is 0 Å². The molecule has 0 saturated carbocycles. The third-order valence-electron chi connectivity index (χ3n) is 1.98. The van der Waals surface area contributed by atoms with Crippen LogP contribution in [-0.2, 0) is 11.3 Å². The summed E-state index contributed by atoms with van der Waals surface area (Å²) in [6, 6.07) is 5.41. The number of aromatic nitrogens is 1. The summed E-state index contributed by atoms with van der Waals surface area (Å²) in [5, 5.41) is 2.12. The molecule has 0 unspecified atom stereocenters. The summed E-state index contributed by atoms with van der Waals surface area (Å²) in [4.78, 5) is 5.20. The molecule has 1 heterocycles. The molecule has 0 amide bonds. The molecule has 0 aliphatic rings. The highest BCUT2D eigenvalue weighted by molar-refractivity contribution is 7.15. The van der Waals surface area contributed by atoms with Crippen molar-refractivity contribution in [1.29, 1.82) is 0 Å². The zero-order chi connectivity index (χ0) is 11.5. The normalized spacial score (nSPS) is 10.7. The number of thiazole rings is 1.